The molecule has 2 nitrogen and oxygen atoms in total. The smallest absolute Gasteiger partial charge is 0.166 e. The van der Waals surface area contributed by atoms with Gasteiger partial charge in [0.05, 0.1) is 0 Å². The van der Waals surface area contributed by atoms with E-state index in [1.165, 1.54) is 6.07 Å². The first-order valence-electron chi connectivity index (χ1n) is 4.35. The van der Waals surface area contributed by atoms with E-state index in [2.05, 4.69) is 15.9 Å². The maximum Gasteiger partial charge on any atom is 0.166 e. The summed E-state index contributed by atoms with van der Waals surface area (Å²) in [7, 11) is 0. The van der Waals surface area contributed by atoms with Crippen LogP contribution in [0.5, 0.6) is 5.75 Å². The van der Waals surface area contributed by atoms with Gasteiger partial charge in [0.1, 0.15) is 0 Å². The zero-order valence-corrected chi connectivity index (χ0v) is 9.73. The molecule has 0 radical (unpaired) electrons. The second-order valence-corrected chi connectivity index (χ2v) is 4.33. The number of phenolic OH excluding ortho intramolecular Hbond substituents is 1. The molecule has 0 bridgehead atoms. The third-order valence-electron chi connectivity index (χ3n) is 2.10. The van der Waals surface area contributed by atoms with Crippen LogP contribution in [0.3, 0.4) is 0 Å². The standard InChI is InChI=1S/C10H13BrFNO/c1-5(13)3-7-6(2)8(11)4-9(12)10(7)14/h4-5,14H,3,13H2,1-2H3. The fraction of sp³-hybridized carbons (Fsp3) is 0.400. The number of halogens is 2. The van der Waals surface area contributed by atoms with Crippen LogP contribution in [0, 0.1) is 12.7 Å². The minimum Gasteiger partial charge on any atom is -0.505 e. The monoisotopic (exact) mass is 261 g/mol. The lowest BCUT2D eigenvalue weighted by molar-refractivity contribution is 0.423. The molecule has 1 rings (SSSR count). The van der Waals surface area contributed by atoms with Crippen LogP contribution < -0.4 is 5.73 Å². The molecule has 0 aliphatic heterocycles. The number of benzene rings is 1. The first-order valence-corrected chi connectivity index (χ1v) is 5.14. The van der Waals surface area contributed by atoms with E-state index in [1.807, 2.05) is 13.8 Å². The van der Waals surface area contributed by atoms with Crippen molar-refractivity contribution in [3.63, 3.8) is 0 Å². The molecule has 0 saturated heterocycles. The maximum absolute atomic E-state index is 13.1. The summed E-state index contributed by atoms with van der Waals surface area (Å²) in [6.07, 6.45) is 0.466. The predicted molar refractivity (Wildman–Crippen MR) is 57.9 cm³/mol. The van der Waals surface area contributed by atoms with Crippen LogP contribution in [0.4, 0.5) is 4.39 Å². The van der Waals surface area contributed by atoms with Gasteiger partial charge in [-0.3, -0.25) is 0 Å². The van der Waals surface area contributed by atoms with E-state index in [-0.39, 0.29) is 11.8 Å². The quantitative estimate of drug-likeness (QED) is 0.860. The van der Waals surface area contributed by atoms with Crippen molar-refractivity contribution in [1.29, 1.82) is 0 Å². The Labute approximate surface area is 91.1 Å². The van der Waals surface area contributed by atoms with E-state index in [0.717, 1.165) is 5.56 Å². The van der Waals surface area contributed by atoms with Crippen LogP contribution in [-0.4, -0.2) is 11.1 Å². The molecule has 0 spiro atoms. The fourth-order valence-corrected chi connectivity index (χ4v) is 1.77. The highest BCUT2D eigenvalue weighted by Crippen LogP contribution is 2.31. The number of aromatic hydroxyl groups is 1. The van der Waals surface area contributed by atoms with Crippen molar-refractivity contribution in [3.8, 4) is 5.75 Å². The average molecular weight is 262 g/mol. The molecule has 78 valence electrons. The van der Waals surface area contributed by atoms with Crippen molar-refractivity contribution in [2.24, 2.45) is 5.73 Å². The zero-order valence-electron chi connectivity index (χ0n) is 8.14. The Morgan fingerprint density at radius 2 is 2.21 bits per heavy atom. The van der Waals surface area contributed by atoms with E-state index in [0.29, 0.717) is 16.5 Å². The van der Waals surface area contributed by atoms with Crippen molar-refractivity contribution in [2.75, 3.05) is 0 Å². The van der Waals surface area contributed by atoms with Gasteiger partial charge in [-0.1, -0.05) is 15.9 Å². The van der Waals surface area contributed by atoms with Crippen LogP contribution in [0.15, 0.2) is 10.5 Å². The van der Waals surface area contributed by atoms with Gasteiger partial charge in [-0.05, 0) is 31.9 Å². The predicted octanol–water partition coefficient (Wildman–Crippen LogP) is 2.49. The molecular weight excluding hydrogens is 249 g/mol. The molecule has 0 aromatic heterocycles. The van der Waals surface area contributed by atoms with Crippen LogP contribution >= 0.6 is 15.9 Å². The summed E-state index contributed by atoms with van der Waals surface area (Å²) >= 11 is 3.23. The molecule has 0 amide bonds. The average Bonchev–Trinajstić information content (AvgIpc) is 2.09. The third-order valence-corrected chi connectivity index (χ3v) is 2.93. The van der Waals surface area contributed by atoms with E-state index in [4.69, 9.17) is 5.73 Å². The molecule has 1 atom stereocenters. The Morgan fingerprint density at radius 3 is 2.71 bits per heavy atom. The summed E-state index contributed by atoms with van der Waals surface area (Å²) in [5.74, 6) is -0.902. The van der Waals surface area contributed by atoms with E-state index in [9.17, 15) is 9.50 Å². The summed E-state index contributed by atoms with van der Waals surface area (Å²) < 4.78 is 13.8. The Hall–Kier alpha value is -0.610. The lowest BCUT2D eigenvalue weighted by atomic mass is 10.0. The molecule has 0 fully saturated rings. The van der Waals surface area contributed by atoms with Gasteiger partial charge in [-0.2, -0.15) is 0 Å². The van der Waals surface area contributed by atoms with Gasteiger partial charge < -0.3 is 10.8 Å². The van der Waals surface area contributed by atoms with Crippen molar-refractivity contribution >= 4 is 15.9 Å². The Balaban J connectivity index is 3.25. The van der Waals surface area contributed by atoms with Gasteiger partial charge >= 0.3 is 0 Å². The molecule has 1 aromatic rings. The molecule has 1 aromatic carbocycles. The summed E-state index contributed by atoms with van der Waals surface area (Å²) in [6.45, 7) is 3.64. The minimum atomic E-state index is -0.613. The van der Waals surface area contributed by atoms with Crippen molar-refractivity contribution < 1.29 is 9.50 Å². The van der Waals surface area contributed by atoms with Gasteiger partial charge in [0.15, 0.2) is 11.6 Å². The minimum absolute atomic E-state index is 0.103. The van der Waals surface area contributed by atoms with Crippen molar-refractivity contribution in [2.45, 2.75) is 26.3 Å². The first-order chi connectivity index (χ1) is 6.43. The number of hydrogen-bond acceptors (Lipinski definition) is 2. The number of hydrogen-bond donors (Lipinski definition) is 2. The second-order valence-electron chi connectivity index (χ2n) is 3.47. The number of nitrogens with two attached hydrogens (primary N) is 1. The molecule has 14 heavy (non-hydrogen) atoms. The molecule has 3 N–H and O–H groups in total. The van der Waals surface area contributed by atoms with Gasteiger partial charge in [0.2, 0.25) is 0 Å². The zero-order chi connectivity index (χ0) is 10.9. The van der Waals surface area contributed by atoms with Crippen molar-refractivity contribution in [3.05, 3.63) is 27.5 Å². The number of phenols is 1. The largest absolute Gasteiger partial charge is 0.505 e. The van der Waals surface area contributed by atoms with Gasteiger partial charge in [0, 0.05) is 16.1 Å². The normalized spacial score (nSPS) is 12.9. The highest BCUT2D eigenvalue weighted by Gasteiger charge is 2.14. The number of rotatable bonds is 2. The molecule has 0 aliphatic carbocycles. The summed E-state index contributed by atoms with van der Waals surface area (Å²) in [4.78, 5) is 0. The van der Waals surface area contributed by atoms with Crippen molar-refractivity contribution in [1.82, 2.24) is 0 Å². The Kier molecular flexibility index (Phi) is 3.50. The molecule has 0 saturated carbocycles. The summed E-state index contributed by atoms with van der Waals surface area (Å²) in [5.41, 5.74) is 7.02. The van der Waals surface area contributed by atoms with E-state index >= 15 is 0 Å². The van der Waals surface area contributed by atoms with Crippen LogP contribution in [0.2, 0.25) is 0 Å². The van der Waals surface area contributed by atoms with E-state index < -0.39 is 5.82 Å². The van der Waals surface area contributed by atoms with Crippen LogP contribution in [0.1, 0.15) is 18.1 Å². The fourth-order valence-electron chi connectivity index (χ4n) is 1.33. The van der Waals surface area contributed by atoms with Gasteiger partial charge in [0.25, 0.3) is 0 Å². The summed E-state index contributed by atoms with van der Waals surface area (Å²) in [6, 6.07) is 1.16. The summed E-state index contributed by atoms with van der Waals surface area (Å²) in [5, 5.41) is 9.50. The molecule has 1 unspecified atom stereocenters. The highest BCUT2D eigenvalue weighted by atomic mass is 79.9. The Morgan fingerprint density at radius 1 is 1.64 bits per heavy atom. The highest BCUT2D eigenvalue weighted by molar-refractivity contribution is 9.10. The lowest BCUT2D eigenvalue weighted by Crippen LogP contribution is -2.18. The molecule has 0 aliphatic rings. The molecule has 0 heterocycles. The SMILES string of the molecule is Cc1c(Br)cc(F)c(O)c1CC(C)N. The van der Waals surface area contributed by atoms with Gasteiger partial charge in [-0.15, -0.1) is 0 Å². The third kappa shape index (κ3) is 2.25. The second kappa shape index (κ2) is 4.28. The van der Waals surface area contributed by atoms with Crippen LogP contribution in [-0.2, 0) is 6.42 Å². The maximum atomic E-state index is 13.1. The Bertz CT molecular complexity index is 326. The lowest BCUT2D eigenvalue weighted by Gasteiger charge is -2.12. The first kappa shape index (κ1) is 11.5. The molecular formula is C10H13BrFNO. The van der Waals surface area contributed by atoms with Crippen LogP contribution in [0.25, 0.3) is 0 Å². The molecule has 4 heteroatoms. The topological polar surface area (TPSA) is 46.2 Å². The van der Waals surface area contributed by atoms with E-state index in [1.54, 1.807) is 0 Å². The van der Waals surface area contributed by atoms with Gasteiger partial charge in [-0.25, -0.2) is 4.39 Å².